The molecule has 4 heterocycles. The molecule has 1 aliphatic carbocycles. The molecule has 4 aromatic rings. The van der Waals surface area contributed by atoms with Gasteiger partial charge in [0.15, 0.2) is 36.5 Å². The van der Waals surface area contributed by atoms with Crippen molar-refractivity contribution in [1.29, 1.82) is 0 Å². The lowest BCUT2D eigenvalue weighted by Gasteiger charge is -2.44. The van der Waals surface area contributed by atoms with Crippen molar-refractivity contribution in [3.8, 4) is 11.5 Å². The van der Waals surface area contributed by atoms with Gasteiger partial charge in [-0.05, 0) is 92.1 Å². The first kappa shape index (κ1) is 42.6. The van der Waals surface area contributed by atoms with Crippen LogP contribution in [0.2, 0.25) is 10.0 Å². The largest absolute Gasteiger partial charge is 0.870 e. The van der Waals surface area contributed by atoms with Crippen LogP contribution in [-0.4, -0.2) is 73.8 Å². The number of nitrogens with zero attached hydrogens (tertiary/aromatic N) is 1. The maximum absolute atomic E-state index is 13.7. The summed E-state index contributed by atoms with van der Waals surface area (Å²) in [6.45, 7) is -0.784. The molecular weight excluding hydrogens is 799 g/mol. The summed E-state index contributed by atoms with van der Waals surface area (Å²) in [4.78, 5) is 45.4. The Kier molecular flexibility index (Phi) is 14.4. The van der Waals surface area contributed by atoms with Crippen LogP contribution in [0.4, 0.5) is 14.5 Å². The van der Waals surface area contributed by atoms with Crippen LogP contribution in [0.1, 0.15) is 64.9 Å². The molecule has 58 heavy (non-hydrogen) atoms. The average Bonchev–Trinajstić information content (AvgIpc) is 4.05. The van der Waals surface area contributed by atoms with Crippen LogP contribution in [0.25, 0.3) is 0 Å². The highest BCUT2D eigenvalue weighted by molar-refractivity contribution is 6.35. The molecule has 3 aromatic carbocycles. The number of hydrogen-bond acceptors (Lipinski definition) is 11. The molecule has 2 bridgehead atoms. The van der Waals surface area contributed by atoms with Gasteiger partial charge in [0.2, 0.25) is 0 Å². The number of aromatic nitrogens is 1. The molecule has 12 nitrogen and oxygen atoms in total. The van der Waals surface area contributed by atoms with Crippen molar-refractivity contribution in [2.75, 3.05) is 38.2 Å². The van der Waals surface area contributed by atoms with Gasteiger partial charge in [-0.3, -0.25) is 4.90 Å². The number of benzene rings is 3. The third kappa shape index (κ3) is 11.1. The predicted molar refractivity (Wildman–Crippen MR) is 207 cm³/mol. The lowest BCUT2D eigenvalue weighted by Crippen LogP contribution is -2.52. The fourth-order valence-corrected chi connectivity index (χ4v) is 7.63. The van der Waals surface area contributed by atoms with E-state index in [1.807, 2.05) is 30.3 Å². The van der Waals surface area contributed by atoms with Gasteiger partial charge < -0.3 is 34.5 Å². The monoisotopic (exact) mass is 841 g/mol. The van der Waals surface area contributed by atoms with E-state index in [2.05, 4.69) is 19.9 Å². The molecule has 0 amide bonds. The van der Waals surface area contributed by atoms with E-state index in [9.17, 15) is 23.2 Å². The number of fused-ring (bicyclic) bond motifs is 3. The summed E-state index contributed by atoms with van der Waals surface area (Å²) in [5, 5.41) is 3.77. The van der Waals surface area contributed by atoms with E-state index >= 15 is 0 Å². The van der Waals surface area contributed by atoms with Crippen molar-refractivity contribution >= 4 is 46.8 Å². The first-order chi connectivity index (χ1) is 27.6. The summed E-state index contributed by atoms with van der Waals surface area (Å²) >= 11 is 12.9. The van der Waals surface area contributed by atoms with Crippen molar-refractivity contribution in [3.63, 3.8) is 0 Å². The highest BCUT2D eigenvalue weighted by atomic mass is 35.5. The molecule has 16 heteroatoms. The number of piperidine rings is 3. The lowest BCUT2D eigenvalue weighted by molar-refractivity contribution is -0.377. The number of halogens is 4. The van der Waals surface area contributed by atoms with Crippen LogP contribution in [0.3, 0.4) is 0 Å². The van der Waals surface area contributed by atoms with Crippen molar-refractivity contribution in [3.05, 3.63) is 117 Å². The van der Waals surface area contributed by atoms with Crippen LogP contribution in [0.15, 0.2) is 85.2 Å². The van der Waals surface area contributed by atoms with Crippen LogP contribution < -0.4 is 19.8 Å². The Morgan fingerprint density at radius 1 is 0.879 bits per heavy atom. The molecule has 3 saturated heterocycles. The minimum Gasteiger partial charge on any atom is -0.870 e. The highest BCUT2D eigenvalue weighted by Gasteiger charge is 2.38. The third-order valence-electron chi connectivity index (χ3n) is 10.3. The highest BCUT2D eigenvalue weighted by Crippen LogP contribution is 2.38. The number of nitrogens with one attached hydrogen (secondary N) is 2. The van der Waals surface area contributed by atoms with Crippen molar-refractivity contribution < 1.29 is 57.3 Å². The van der Waals surface area contributed by atoms with Crippen LogP contribution >= 0.6 is 23.2 Å². The zero-order chi connectivity index (χ0) is 39.9. The normalized spacial score (nSPS) is 19.3. The Balaban J connectivity index is 0.00000567. The number of hydrogen-bond donors (Lipinski definition) is 1. The van der Waals surface area contributed by atoms with Gasteiger partial charge in [0.05, 0.1) is 12.2 Å². The Bertz CT molecular complexity index is 2030. The van der Waals surface area contributed by atoms with E-state index in [0.717, 1.165) is 38.8 Å². The van der Waals surface area contributed by atoms with Gasteiger partial charge in [0, 0.05) is 24.2 Å². The molecule has 8 rings (SSSR count). The Morgan fingerprint density at radius 2 is 1.62 bits per heavy atom. The number of alkyl halides is 2. The lowest BCUT2D eigenvalue weighted by atomic mass is 9.86. The van der Waals surface area contributed by atoms with E-state index in [1.54, 1.807) is 12.1 Å². The van der Waals surface area contributed by atoms with Gasteiger partial charge in [-0.2, -0.15) is 8.78 Å². The number of rotatable bonds is 17. The molecule has 1 unspecified atom stereocenters. The Morgan fingerprint density at radius 3 is 2.29 bits per heavy atom. The average molecular weight is 843 g/mol. The molecule has 1 aromatic heterocycles. The van der Waals surface area contributed by atoms with Crippen LogP contribution in [0, 0.1) is 11.8 Å². The second kappa shape index (κ2) is 19.6. The second-order valence-electron chi connectivity index (χ2n) is 14.4. The maximum atomic E-state index is 13.7. The zero-order valence-electron chi connectivity index (χ0n) is 31.3. The standard InChI is InChI=1S/C42H41Cl2F2N3O8.H2O/c43-32-20-47-21-33(44)31(32)19-35(28-11-12-34(57-42(45)46)36(18-28)53-23-25-9-10-25)55-38(50)24-54-40(51)29-7-4-8-30(17-29)48-39(27-5-2-1-3-6-27)41(52)56-37-22-49-15-13-26(37)14-16-49;/h1-8,11-12,17-18,20-21,25-26,35,37,39,42,48H,9-10,13-16,19,22-24H2;1H2/t35-,37-,39?;/m0./s1. The molecular formula is C42H43Cl2F2N3O9. The predicted octanol–water partition coefficient (Wildman–Crippen LogP) is 7.50. The van der Waals surface area contributed by atoms with Gasteiger partial charge >= 0.3 is 24.5 Å². The Labute approximate surface area is 344 Å². The summed E-state index contributed by atoms with van der Waals surface area (Å²) in [5.74, 6) is -1.60. The summed E-state index contributed by atoms with van der Waals surface area (Å²) in [7, 11) is 0. The quantitative estimate of drug-likeness (QED) is 0.0830. The minimum absolute atomic E-state index is 0. The first-order valence-electron chi connectivity index (χ1n) is 18.9. The smallest absolute Gasteiger partial charge is 0.387 e. The van der Waals surface area contributed by atoms with Crippen LogP contribution in [0.5, 0.6) is 11.5 Å². The SMILES string of the molecule is O=C(COC(=O)c1cccc(NC(C(=O)O[C@H]2CN3CCC2CC3)c2ccccc2)c1)O[C@@H](Cc1c(Cl)c[nH+]cc1Cl)c1ccc(OC(F)F)c(OCC2CC2)c1.[OH-]. The van der Waals surface area contributed by atoms with Crippen molar-refractivity contribution in [2.45, 2.75) is 57.0 Å². The number of carbonyl (C=O) groups is 3. The first-order valence-corrected chi connectivity index (χ1v) is 19.6. The third-order valence-corrected chi connectivity index (χ3v) is 11.0. The zero-order valence-corrected chi connectivity index (χ0v) is 32.8. The van der Waals surface area contributed by atoms with Gasteiger partial charge in [-0.25, -0.2) is 19.4 Å². The van der Waals surface area contributed by atoms with E-state index in [0.29, 0.717) is 47.4 Å². The van der Waals surface area contributed by atoms with E-state index in [-0.39, 0.29) is 45.1 Å². The van der Waals surface area contributed by atoms with Gasteiger partial charge in [-0.15, -0.1) is 0 Å². The number of pyridine rings is 1. The van der Waals surface area contributed by atoms with Crippen molar-refractivity contribution in [1.82, 2.24) is 4.90 Å². The number of carbonyl (C=O) groups excluding carboxylic acids is 3. The fourth-order valence-electron chi connectivity index (χ4n) is 7.10. The molecule has 3 aliphatic heterocycles. The van der Waals surface area contributed by atoms with Crippen LogP contribution in [-0.2, 0) is 30.2 Å². The molecule has 3 N–H and O–H groups in total. The van der Waals surface area contributed by atoms with Gasteiger partial charge in [0.25, 0.3) is 0 Å². The summed E-state index contributed by atoms with van der Waals surface area (Å²) < 4.78 is 54.3. The Hall–Kier alpha value is -5.02. The number of esters is 3. The summed E-state index contributed by atoms with van der Waals surface area (Å²) in [5.41, 5.74) is 2.10. The molecule has 0 spiro atoms. The molecule has 1 saturated carbocycles. The molecule has 4 aliphatic rings. The topological polar surface area (TPSA) is 157 Å². The number of ether oxygens (including phenoxy) is 5. The summed E-state index contributed by atoms with van der Waals surface area (Å²) in [6.07, 6.45) is 5.70. The molecule has 0 radical (unpaired) electrons. The number of aromatic amines is 1. The maximum Gasteiger partial charge on any atom is 0.387 e. The molecule has 3 atom stereocenters. The molecule has 4 fully saturated rings. The second-order valence-corrected chi connectivity index (χ2v) is 15.2. The summed E-state index contributed by atoms with van der Waals surface area (Å²) in [6, 6.07) is 19.0. The van der Waals surface area contributed by atoms with Crippen molar-refractivity contribution in [2.24, 2.45) is 11.8 Å². The van der Waals surface area contributed by atoms with E-state index in [1.165, 1.54) is 42.7 Å². The minimum atomic E-state index is -3.08. The van der Waals surface area contributed by atoms with Gasteiger partial charge in [-0.1, -0.05) is 65.7 Å². The fraction of sp³-hybridized carbons (Fsp3) is 0.381. The number of H-pyrrole nitrogens is 1. The number of anilines is 1. The van der Waals surface area contributed by atoms with E-state index in [4.69, 9.17) is 42.1 Å². The van der Waals surface area contributed by atoms with Gasteiger partial charge in [0.1, 0.15) is 22.3 Å². The molecule has 308 valence electrons. The van der Waals surface area contributed by atoms with E-state index < -0.39 is 43.3 Å².